The van der Waals surface area contributed by atoms with Crippen LogP contribution in [-0.2, 0) is 0 Å². The number of aldehydes is 1. The summed E-state index contributed by atoms with van der Waals surface area (Å²) >= 11 is 0. The average Bonchev–Trinajstić information content (AvgIpc) is 2.96. The first-order chi connectivity index (χ1) is 9.70. The second-order valence-corrected chi connectivity index (χ2v) is 4.26. The van der Waals surface area contributed by atoms with Crippen molar-refractivity contribution >= 4 is 28.4 Å². The monoisotopic (exact) mass is 267 g/mol. The zero-order chi connectivity index (χ0) is 14.7. The summed E-state index contributed by atoms with van der Waals surface area (Å²) in [5, 5.41) is 5.20. The van der Waals surface area contributed by atoms with Gasteiger partial charge in [-0.25, -0.2) is 9.50 Å². The predicted molar refractivity (Wildman–Crippen MR) is 81.9 cm³/mol. The summed E-state index contributed by atoms with van der Waals surface area (Å²) in [7, 11) is 0. The Balaban J connectivity index is 0.000000704. The molecule has 0 aliphatic carbocycles. The van der Waals surface area contributed by atoms with Crippen LogP contribution in [0.4, 0.5) is 0 Å². The SMILES string of the molecule is C=C(C)c1cc2ncnn2c2cc(C=O)ccc12.CC. The molecule has 3 rings (SSSR count). The van der Waals surface area contributed by atoms with Crippen molar-refractivity contribution in [1.29, 1.82) is 0 Å². The van der Waals surface area contributed by atoms with Gasteiger partial charge in [0.25, 0.3) is 0 Å². The molecule has 2 heterocycles. The number of carbonyl (C=O) groups excluding carboxylic acids is 1. The van der Waals surface area contributed by atoms with Crippen LogP contribution in [-0.4, -0.2) is 20.9 Å². The highest BCUT2D eigenvalue weighted by Gasteiger charge is 2.09. The normalized spacial score (nSPS) is 10.2. The quantitative estimate of drug-likeness (QED) is 0.664. The summed E-state index contributed by atoms with van der Waals surface area (Å²) in [5.74, 6) is 0. The number of hydrogen-bond acceptors (Lipinski definition) is 3. The van der Waals surface area contributed by atoms with Gasteiger partial charge in [-0.15, -0.1) is 0 Å². The smallest absolute Gasteiger partial charge is 0.156 e. The van der Waals surface area contributed by atoms with Crippen LogP contribution >= 0.6 is 0 Å². The van der Waals surface area contributed by atoms with E-state index in [2.05, 4.69) is 16.7 Å². The van der Waals surface area contributed by atoms with Gasteiger partial charge >= 0.3 is 0 Å². The van der Waals surface area contributed by atoms with Crippen LogP contribution in [0, 0.1) is 0 Å². The van der Waals surface area contributed by atoms with E-state index < -0.39 is 0 Å². The van der Waals surface area contributed by atoms with Gasteiger partial charge in [0.05, 0.1) is 5.52 Å². The Morgan fingerprint density at radius 2 is 2.05 bits per heavy atom. The van der Waals surface area contributed by atoms with Crippen molar-refractivity contribution in [2.24, 2.45) is 0 Å². The van der Waals surface area contributed by atoms with E-state index in [1.165, 1.54) is 6.33 Å². The minimum atomic E-state index is 0.623. The molecule has 4 heteroatoms. The fourth-order valence-electron chi connectivity index (χ4n) is 2.12. The molecular weight excluding hydrogens is 250 g/mol. The first-order valence-electron chi connectivity index (χ1n) is 6.58. The summed E-state index contributed by atoms with van der Waals surface area (Å²) < 4.78 is 1.73. The Labute approximate surface area is 117 Å². The van der Waals surface area contributed by atoms with Gasteiger partial charge in [0.2, 0.25) is 0 Å². The van der Waals surface area contributed by atoms with Crippen molar-refractivity contribution < 1.29 is 4.79 Å². The van der Waals surface area contributed by atoms with Crippen LogP contribution in [0.1, 0.15) is 36.7 Å². The number of hydrogen-bond donors (Lipinski definition) is 0. The Morgan fingerprint density at radius 3 is 2.70 bits per heavy atom. The van der Waals surface area contributed by atoms with Crippen LogP contribution < -0.4 is 0 Å². The standard InChI is InChI=1S/C14H11N3O.C2H6/c1-9(2)12-6-14-15-8-16-17(14)13-5-10(7-18)3-4-11(12)13;1-2/h3-8H,1H2,2H3;1-2H3. The van der Waals surface area contributed by atoms with E-state index in [4.69, 9.17) is 0 Å². The van der Waals surface area contributed by atoms with Crippen LogP contribution in [0.2, 0.25) is 0 Å². The highest BCUT2D eigenvalue weighted by atomic mass is 16.1. The lowest BCUT2D eigenvalue weighted by molar-refractivity contribution is 0.112. The van der Waals surface area contributed by atoms with E-state index in [1.54, 1.807) is 10.6 Å². The number of carbonyl (C=O) groups is 1. The van der Waals surface area contributed by atoms with E-state index in [0.29, 0.717) is 5.56 Å². The van der Waals surface area contributed by atoms with E-state index in [9.17, 15) is 4.79 Å². The molecule has 0 saturated carbocycles. The minimum absolute atomic E-state index is 0.623. The molecule has 0 bridgehead atoms. The number of pyridine rings is 1. The number of benzene rings is 1. The summed E-state index contributed by atoms with van der Waals surface area (Å²) in [4.78, 5) is 15.1. The molecule has 0 N–H and O–H groups in total. The van der Waals surface area contributed by atoms with E-state index in [1.807, 2.05) is 39.0 Å². The lowest BCUT2D eigenvalue weighted by Crippen LogP contribution is -1.95. The summed E-state index contributed by atoms with van der Waals surface area (Å²) in [6.45, 7) is 9.94. The zero-order valence-corrected chi connectivity index (χ0v) is 11.9. The van der Waals surface area contributed by atoms with Crippen molar-refractivity contribution in [3.05, 3.63) is 48.3 Å². The summed E-state index contributed by atoms with van der Waals surface area (Å²) in [5.41, 5.74) is 4.24. The lowest BCUT2D eigenvalue weighted by Gasteiger charge is -2.08. The maximum Gasteiger partial charge on any atom is 0.156 e. The fraction of sp³-hybridized carbons (Fsp3) is 0.188. The molecule has 102 valence electrons. The second-order valence-electron chi connectivity index (χ2n) is 4.26. The molecular formula is C16H17N3O. The topological polar surface area (TPSA) is 47.3 Å². The Kier molecular flexibility index (Phi) is 3.94. The number of aromatic nitrogens is 3. The van der Waals surface area contributed by atoms with Gasteiger partial charge in [-0.1, -0.05) is 38.1 Å². The molecule has 0 spiro atoms. The first-order valence-corrected chi connectivity index (χ1v) is 6.58. The van der Waals surface area contributed by atoms with Crippen LogP contribution in [0.5, 0.6) is 0 Å². The molecule has 0 saturated heterocycles. The Morgan fingerprint density at radius 1 is 1.30 bits per heavy atom. The Hall–Kier alpha value is -2.49. The van der Waals surface area contributed by atoms with E-state index in [0.717, 1.165) is 34.0 Å². The van der Waals surface area contributed by atoms with Crippen LogP contribution in [0.3, 0.4) is 0 Å². The molecule has 20 heavy (non-hydrogen) atoms. The average molecular weight is 267 g/mol. The second kappa shape index (κ2) is 5.65. The molecule has 0 fully saturated rings. The van der Waals surface area contributed by atoms with Gasteiger partial charge in [-0.3, -0.25) is 4.79 Å². The zero-order valence-electron chi connectivity index (χ0n) is 11.9. The maximum atomic E-state index is 10.9. The molecule has 0 atom stereocenters. The third-order valence-corrected chi connectivity index (χ3v) is 2.98. The number of rotatable bonds is 2. The number of fused-ring (bicyclic) bond motifs is 3. The predicted octanol–water partition coefficient (Wildman–Crippen LogP) is 3.75. The molecule has 0 aliphatic heterocycles. The molecule has 1 aromatic carbocycles. The summed E-state index contributed by atoms with van der Waals surface area (Å²) in [6.07, 6.45) is 2.33. The minimum Gasteiger partial charge on any atom is -0.298 e. The van der Waals surface area contributed by atoms with Gasteiger partial charge in [0.1, 0.15) is 12.6 Å². The largest absolute Gasteiger partial charge is 0.298 e. The first kappa shape index (κ1) is 13.9. The van der Waals surface area contributed by atoms with Gasteiger partial charge < -0.3 is 0 Å². The van der Waals surface area contributed by atoms with Crippen LogP contribution in [0.15, 0.2) is 37.2 Å². The van der Waals surface area contributed by atoms with Gasteiger partial charge in [0, 0.05) is 10.9 Å². The third-order valence-electron chi connectivity index (χ3n) is 2.98. The number of nitrogens with zero attached hydrogens (tertiary/aromatic N) is 3. The van der Waals surface area contributed by atoms with Crippen molar-refractivity contribution in [1.82, 2.24) is 14.6 Å². The van der Waals surface area contributed by atoms with Gasteiger partial charge in [0.15, 0.2) is 5.65 Å². The molecule has 0 radical (unpaired) electrons. The van der Waals surface area contributed by atoms with E-state index >= 15 is 0 Å². The van der Waals surface area contributed by atoms with Crippen LogP contribution in [0.25, 0.3) is 22.1 Å². The molecule has 0 amide bonds. The van der Waals surface area contributed by atoms with E-state index in [-0.39, 0.29) is 0 Å². The fourth-order valence-corrected chi connectivity index (χ4v) is 2.12. The summed E-state index contributed by atoms with van der Waals surface area (Å²) in [6, 6.07) is 7.49. The lowest BCUT2D eigenvalue weighted by atomic mass is 10.0. The van der Waals surface area contributed by atoms with Crippen molar-refractivity contribution in [3.8, 4) is 0 Å². The molecule has 0 aliphatic rings. The molecule has 2 aromatic heterocycles. The highest BCUT2D eigenvalue weighted by Crippen LogP contribution is 2.26. The molecule has 0 unspecified atom stereocenters. The van der Waals surface area contributed by atoms with Crippen molar-refractivity contribution in [2.75, 3.05) is 0 Å². The highest BCUT2D eigenvalue weighted by molar-refractivity contribution is 5.95. The molecule has 3 aromatic rings. The van der Waals surface area contributed by atoms with Crippen molar-refractivity contribution in [2.45, 2.75) is 20.8 Å². The molecule has 4 nitrogen and oxygen atoms in total. The maximum absolute atomic E-state index is 10.9. The van der Waals surface area contributed by atoms with Gasteiger partial charge in [-0.05, 0) is 24.6 Å². The van der Waals surface area contributed by atoms with Gasteiger partial charge in [-0.2, -0.15) is 5.10 Å². The third kappa shape index (κ3) is 2.20. The Bertz CT molecular complexity index is 787. The number of allylic oxidation sites excluding steroid dienone is 1. The van der Waals surface area contributed by atoms with Crippen molar-refractivity contribution in [3.63, 3.8) is 0 Å².